The molecule has 0 saturated carbocycles. The molecule has 1 aromatic heterocycles. The van der Waals surface area contributed by atoms with Crippen molar-refractivity contribution in [1.82, 2.24) is 25.6 Å². The third-order valence-electron chi connectivity index (χ3n) is 6.14. The van der Waals surface area contributed by atoms with E-state index in [4.69, 9.17) is 0 Å². The molecule has 0 amide bonds. The molecule has 3 aromatic carbocycles. The number of hydrogen-bond acceptors (Lipinski definition) is 4. The molecule has 1 aliphatic rings. The molecule has 7 heteroatoms. The van der Waals surface area contributed by atoms with Crippen LogP contribution in [-0.4, -0.2) is 39.6 Å². The van der Waals surface area contributed by atoms with E-state index in [1.165, 1.54) is 18.2 Å². The maximum absolute atomic E-state index is 14.7. The lowest BCUT2D eigenvalue weighted by Crippen LogP contribution is -2.42. The smallest absolute Gasteiger partial charge is 0.126 e. The van der Waals surface area contributed by atoms with Crippen molar-refractivity contribution in [3.8, 4) is 11.1 Å². The highest BCUT2D eigenvalue weighted by Crippen LogP contribution is 2.25. The van der Waals surface area contributed by atoms with Crippen molar-refractivity contribution < 1.29 is 8.78 Å². The summed E-state index contributed by atoms with van der Waals surface area (Å²) in [5, 5.41) is 14.4. The monoisotopic (exact) mass is 433 g/mol. The molecule has 5 rings (SSSR count). The van der Waals surface area contributed by atoms with E-state index in [2.05, 4.69) is 25.6 Å². The normalized spacial score (nSPS) is 16.3. The maximum Gasteiger partial charge on any atom is 0.126 e. The Hall–Kier alpha value is -3.16. The van der Waals surface area contributed by atoms with Gasteiger partial charge in [0.05, 0.1) is 6.17 Å². The number of H-pyrrole nitrogens is 1. The highest BCUT2D eigenvalue weighted by atomic mass is 19.1. The summed E-state index contributed by atoms with van der Waals surface area (Å²) in [6.07, 6.45) is 3.02. The summed E-state index contributed by atoms with van der Waals surface area (Å²) in [6.45, 7) is 2.39. The lowest BCUT2D eigenvalue weighted by molar-refractivity contribution is 0.174. The van der Waals surface area contributed by atoms with Crippen LogP contribution in [0.5, 0.6) is 0 Å². The Labute approximate surface area is 185 Å². The summed E-state index contributed by atoms with van der Waals surface area (Å²) in [4.78, 5) is 2.33. The molecule has 4 aromatic rings. The lowest BCUT2D eigenvalue weighted by Gasteiger charge is -2.29. The number of nitrogens with zero attached hydrogens (tertiary/aromatic N) is 3. The Morgan fingerprint density at radius 3 is 2.50 bits per heavy atom. The van der Waals surface area contributed by atoms with Crippen molar-refractivity contribution in [2.24, 2.45) is 0 Å². The number of halogens is 2. The van der Waals surface area contributed by atoms with Gasteiger partial charge in [0.15, 0.2) is 0 Å². The minimum Gasteiger partial charge on any atom is -0.302 e. The van der Waals surface area contributed by atoms with Crippen molar-refractivity contribution in [2.75, 3.05) is 13.1 Å². The molecular weight excluding hydrogens is 408 g/mol. The Kier molecular flexibility index (Phi) is 5.92. The van der Waals surface area contributed by atoms with Crippen molar-refractivity contribution >= 4 is 11.0 Å². The standard InChI is InChI=1S/C25H25F2N5/c26-21-7-3-17(4-8-21)16-32(25-2-1-12-28-25)13-11-20-14-18(5-9-22(20)27)19-6-10-23-24(15-19)30-31-29-23/h3-10,14-15,25,28H,1-2,11-13,16H2,(H,29,30,31)/t25-/m1/s1. The predicted octanol–water partition coefficient (Wildman–Crippen LogP) is 4.66. The molecule has 1 atom stereocenters. The predicted molar refractivity (Wildman–Crippen MR) is 121 cm³/mol. The number of aromatic nitrogens is 3. The van der Waals surface area contributed by atoms with Crippen LogP contribution in [0.25, 0.3) is 22.2 Å². The minimum absolute atomic E-state index is 0.197. The van der Waals surface area contributed by atoms with Crippen LogP contribution in [0, 0.1) is 11.6 Å². The van der Waals surface area contributed by atoms with Gasteiger partial charge in [0, 0.05) is 13.1 Å². The van der Waals surface area contributed by atoms with Gasteiger partial charge in [-0.15, -0.1) is 0 Å². The van der Waals surface area contributed by atoms with E-state index < -0.39 is 0 Å². The van der Waals surface area contributed by atoms with Gasteiger partial charge in [0.25, 0.3) is 0 Å². The molecule has 2 heterocycles. The third kappa shape index (κ3) is 4.54. The van der Waals surface area contributed by atoms with Gasteiger partial charge in [-0.3, -0.25) is 4.90 Å². The van der Waals surface area contributed by atoms with Crippen LogP contribution in [-0.2, 0) is 13.0 Å². The van der Waals surface area contributed by atoms with Gasteiger partial charge in [0.1, 0.15) is 22.7 Å². The average molecular weight is 434 g/mol. The molecule has 164 valence electrons. The topological polar surface area (TPSA) is 56.8 Å². The minimum atomic E-state index is -0.234. The third-order valence-corrected chi connectivity index (χ3v) is 6.14. The van der Waals surface area contributed by atoms with E-state index in [-0.39, 0.29) is 17.8 Å². The number of rotatable bonds is 7. The zero-order valence-electron chi connectivity index (χ0n) is 17.7. The molecule has 0 spiro atoms. The van der Waals surface area contributed by atoms with Gasteiger partial charge in [-0.25, -0.2) is 8.78 Å². The number of fused-ring (bicyclic) bond motifs is 1. The van der Waals surface area contributed by atoms with Crippen LogP contribution in [0.4, 0.5) is 8.78 Å². The van der Waals surface area contributed by atoms with Crippen molar-refractivity contribution in [2.45, 2.75) is 32.0 Å². The van der Waals surface area contributed by atoms with Gasteiger partial charge in [-0.2, -0.15) is 15.4 Å². The number of hydrogen-bond donors (Lipinski definition) is 2. The molecule has 1 saturated heterocycles. The molecule has 0 bridgehead atoms. The molecule has 0 aliphatic carbocycles. The first-order chi connectivity index (χ1) is 15.7. The van der Waals surface area contributed by atoms with E-state index >= 15 is 0 Å². The summed E-state index contributed by atoms with van der Waals surface area (Å²) in [7, 11) is 0. The largest absolute Gasteiger partial charge is 0.302 e. The zero-order valence-corrected chi connectivity index (χ0v) is 17.7. The Morgan fingerprint density at radius 2 is 1.69 bits per heavy atom. The number of benzene rings is 3. The van der Waals surface area contributed by atoms with E-state index in [0.717, 1.165) is 47.1 Å². The van der Waals surface area contributed by atoms with Crippen LogP contribution in [0.1, 0.15) is 24.0 Å². The summed E-state index contributed by atoms with van der Waals surface area (Å²) < 4.78 is 28.0. The highest BCUT2D eigenvalue weighted by molar-refractivity contribution is 5.81. The van der Waals surface area contributed by atoms with Crippen LogP contribution in [0.2, 0.25) is 0 Å². The fourth-order valence-corrected chi connectivity index (χ4v) is 4.38. The average Bonchev–Trinajstić information content (AvgIpc) is 3.50. The van der Waals surface area contributed by atoms with E-state index in [1.807, 2.05) is 36.4 Å². The number of nitrogens with one attached hydrogen (secondary N) is 2. The van der Waals surface area contributed by atoms with Crippen LogP contribution in [0.3, 0.4) is 0 Å². The Balaban J connectivity index is 1.35. The summed E-state index contributed by atoms with van der Waals surface area (Å²) in [5.74, 6) is -0.431. The summed E-state index contributed by atoms with van der Waals surface area (Å²) in [5.41, 5.74) is 5.26. The Bertz CT molecular complexity index is 1200. The SMILES string of the molecule is Fc1ccc(CN(CCc2cc(-c3ccc4n[nH]nc4c3)ccc2F)[C@@H]2CCCN2)cc1. The molecule has 1 fully saturated rings. The molecule has 0 unspecified atom stereocenters. The Morgan fingerprint density at radius 1 is 0.906 bits per heavy atom. The number of aromatic amines is 1. The summed E-state index contributed by atoms with van der Waals surface area (Å²) in [6, 6.07) is 17.7. The molecule has 1 aliphatic heterocycles. The molecule has 2 N–H and O–H groups in total. The van der Waals surface area contributed by atoms with Gasteiger partial charge >= 0.3 is 0 Å². The second kappa shape index (κ2) is 9.14. The van der Waals surface area contributed by atoms with Crippen LogP contribution < -0.4 is 5.32 Å². The van der Waals surface area contributed by atoms with Gasteiger partial charge in [-0.05, 0) is 84.5 Å². The van der Waals surface area contributed by atoms with Crippen molar-refractivity contribution in [3.05, 3.63) is 83.4 Å². The van der Waals surface area contributed by atoms with Crippen LogP contribution in [0.15, 0.2) is 60.7 Å². The van der Waals surface area contributed by atoms with Gasteiger partial charge < -0.3 is 5.32 Å². The molecule has 32 heavy (non-hydrogen) atoms. The van der Waals surface area contributed by atoms with Gasteiger partial charge in [-0.1, -0.05) is 24.3 Å². The first kappa shape index (κ1) is 20.7. The van der Waals surface area contributed by atoms with Crippen molar-refractivity contribution in [3.63, 3.8) is 0 Å². The first-order valence-electron chi connectivity index (χ1n) is 11.0. The second-order valence-corrected chi connectivity index (χ2v) is 8.29. The second-order valence-electron chi connectivity index (χ2n) is 8.29. The van der Waals surface area contributed by atoms with E-state index in [0.29, 0.717) is 25.1 Å². The van der Waals surface area contributed by atoms with Crippen molar-refractivity contribution in [1.29, 1.82) is 0 Å². The van der Waals surface area contributed by atoms with E-state index in [1.54, 1.807) is 6.07 Å². The fraction of sp³-hybridized carbons (Fsp3) is 0.280. The van der Waals surface area contributed by atoms with E-state index in [9.17, 15) is 8.78 Å². The zero-order chi connectivity index (χ0) is 21.9. The molecule has 0 radical (unpaired) electrons. The maximum atomic E-state index is 14.7. The molecular formula is C25H25F2N5. The lowest BCUT2D eigenvalue weighted by atomic mass is 10.0. The van der Waals surface area contributed by atoms with Gasteiger partial charge in [0.2, 0.25) is 0 Å². The quantitative estimate of drug-likeness (QED) is 0.445. The first-order valence-corrected chi connectivity index (χ1v) is 11.0. The van der Waals surface area contributed by atoms with Crippen LogP contribution >= 0.6 is 0 Å². The highest BCUT2D eigenvalue weighted by Gasteiger charge is 2.22. The fourth-order valence-electron chi connectivity index (χ4n) is 4.38. The summed E-state index contributed by atoms with van der Waals surface area (Å²) >= 11 is 0. The molecule has 5 nitrogen and oxygen atoms in total.